The van der Waals surface area contributed by atoms with Crippen molar-refractivity contribution in [3.63, 3.8) is 0 Å². The number of hydrogen-bond acceptors (Lipinski definition) is 2. The van der Waals surface area contributed by atoms with Crippen LogP contribution in [0.25, 0.3) is 0 Å². The minimum atomic E-state index is 0.163. The van der Waals surface area contributed by atoms with Crippen LogP contribution < -0.4 is 5.73 Å². The fourth-order valence-electron chi connectivity index (χ4n) is 4.44. The zero-order valence-corrected chi connectivity index (χ0v) is 13.4. The summed E-state index contributed by atoms with van der Waals surface area (Å²) in [7, 11) is 0. The third-order valence-corrected chi connectivity index (χ3v) is 5.68. The van der Waals surface area contributed by atoms with Gasteiger partial charge in [0.15, 0.2) is 0 Å². The van der Waals surface area contributed by atoms with Gasteiger partial charge in [0.1, 0.15) is 0 Å². The van der Waals surface area contributed by atoms with Crippen molar-refractivity contribution in [1.82, 2.24) is 4.90 Å². The number of nitrogens with zero attached hydrogens (tertiary/aromatic N) is 1. The monoisotopic (exact) mass is 286 g/mol. The van der Waals surface area contributed by atoms with E-state index in [9.17, 15) is 0 Å². The van der Waals surface area contributed by atoms with Crippen molar-refractivity contribution in [2.75, 3.05) is 13.1 Å². The SMILES string of the molecule is CC(CN1CCCC1C1CCCC1)C(N)c1ccccc1. The molecule has 116 valence electrons. The van der Waals surface area contributed by atoms with Gasteiger partial charge >= 0.3 is 0 Å². The molecule has 3 rings (SSSR count). The molecular weight excluding hydrogens is 256 g/mol. The molecule has 2 heteroatoms. The highest BCUT2D eigenvalue weighted by Crippen LogP contribution is 2.36. The summed E-state index contributed by atoms with van der Waals surface area (Å²) < 4.78 is 0. The molecule has 0 amide bonds. The molecule has 0 radical (unpaired) electrons. The Morgan fingerprint density at radius 3 is 2.52 bits per heavy atom. The van der Waals surface area contributed by atoms with Gasteiger partial charge in [-0.25, -0.2) is 0 Å². The summed E-state index contributed by atoms with van der Waals surface area (Å²) in [5, 5.41) is 0. The topological polar surface area (TPSA) is 29.3 Å². The van der Waals surface area contributed by atoms with Gasteiger partial charge in [-0.15, -0.1) is 0 Å². The molecule has 2 N–H and O–H groups in total. The Kier molecular flexibility index (Phi) is 4.97. The van der Waals surface area contributed by atoms with Crippen molar-refractivity contribution in [3.8, 4) is 0 Å². The molecule has 21 heavy (non-hydrogen) atoms. The highest BCUT2D eigenvalue weighted by atomic mass is 15.2. The number of rotatable bonds is 5. The van der Waals surface area contributed by atoms with Gasteiger partial charge in [0.25, 0.3) is 0 Å². The number of likely N-dealkylation sites (tertiary alicyclic amines) is 1. The summed E-state index contributed by atoms with van der Waals surface area (Å²) in [6, 6.07) is 11.6. The van der Waals surface area contributed by atoms with Gasteiger partial charge in [-0.1, -0.05) is 50.1 Å². The Balaban J connectivity index is 1.59. The smallest absolute Gasteiger partial charge is 0.0333 e. The first kappa shape index (κ1) is 15.1. The minimum Gasteiger partial charge on any atom is -0.324 e. The van der Waals surface area contributed by atoms with Gasteiger partial charge in [0, 0.05) is 18.6 Å². The standard InChI is InChI=1S/C19H30N2/c1-15(19(20)17-10-3-2-4-11-17)14-21-13-7-12-18(21)16-8-5-6-9-16/h2-4,10-11,15-16,18-19H,5-9,12-14,20H2,1H3. The van der Waals surface area contributed by atoms with E-state index in [0.29, 0.717) is 5.92 Å². The first-order valence-corrected chi connectivity index (χ1v) is 8.80. The average Bonchev–Trinajstić information content (AvgIpc) is 3.18. The van der Waals surface area contributed by atoms with E-state index in [1.807, 2.05) is 0 Å². The van der Waals surface area contributed by atoms with E-state index < -0.39 is 0 Å². The lowest BCUT2D eigenvalue weighted by Gasteiger charge is -2.33. The van der Waals surface area contributed by atoms with E-state index in [-0.39, 0.29) is 6.04 Å². The lowest BCUT2D eigenvalue weighted by atomic mass is 9.92. The number of nitrogens with two attached hydrogens (primary N) is 1. The first-order valence-electron chi connectivity index (χ1n) is 8.80. The molecule has 2 fully saturated rings. The molecule has 0 bridgehead atoms. The Morgan fingerprint density at radius 1 is 1.10 bits per heavy atom. The van der Waals surface area contributed by atoms with Crippen LogP contribution in [-0.2, 0) is 0 Å². The van der Waals surface area contributed by atoms with Crippen LogP contribution in [0.3, 0.4) is 0 Å². The molecule has 1 saturated heterocycles. The molecule has 1 aliphatic carbocycles. The van der Waals surface area contributed by atoms with Gasteiger partial charge in [0.05, 0.1) is 0 Å². The third-order valence-electron chi connectivity index (χ3n) is 5.68. The highest BCUT2D eigenvalue weighted by Gasteiger charge is 2.34. The van der Waals surface area contributed by atoms with E-state index in [0.717, 1.165) is 18.5 Å². The largest absolute Gasteiger partial charge is 0.324 e. The van der Waals surface area contributed by atoms with Crippen molar-refractivity contribution >= 4 is 0 Å². The van der Waals surface area contributed by atoms with Crippen LogP contribution in [0.2, 0.25) is 0 Å². The summed E-state index contributed by atoms with van der Waals surface area (Å²) in [4.78, 5) is 2.75. The van der Waals surface area contributed by atoms with Gasteiger partial charge in [-0.2, -0.15) is 0 Å². The summed E-state index contributed by atoms with van der Waals surface area (Å²) >= 11 is 0. The van der Waals surface area contributed by atoms with Crippen molar-refractivity contribution in [2.24, 2.45) is 17.6 Å². The highest BCUT2D eigenvalue weighted by molar-refractivity contribution is 5.19. The third kappa shape index (κ3) is 3.49. The van der Waals surface area contributed by atoms with Crippen LogP contribution >= 0.6 is 0 Å². The first-order chi connectivity index (χ1) is 10.3. The Labute approximate surface area is 129 Å². The fourth-order valence-corrected chi connectivity index (χ4v) is 4.44. The van der Waals surface area contributed by atoms with Crippen LogP contribution in [0, 0.1) is 11.8 Å². The molecule has 0 aromatic heterocycles. The quantitative estimate of drug-likeness (QED) is 0.887. The summed E-state index contributed by atoms with van der Waals surface area (Å²) in [6.07, 6.45) is 8.62. The molecule has 3 atom stereocenters. The van der Waals surface area contributed by atoms with Crippen LogP contribution in [0.15, 0.2) is 30.3 Å². The van der Waals surface area contributed by atoms with Crippen molar-refractivity contribution in [3.05, 3.63) is 35.9 Å². The normalized spacial score (nSPS) is 27.0. The molecule has 3 unspecified atom stereocenters. The van der Waals surface area contributed by atoms with E-state index in [1.54, 1.807) is 0 Å². The van der Waals surface area contributed by atoms with E-state index in [1.165, 1.54) is 50.6 Å². The molecule has 1 aromatic carbocycles. The predicted molar refractivity (Wildman–Crippen MR) is 89.1 cm³/mol. The van der Waals surface area contributed by atoms with E-state index >= 15 is 0 Å². The zero-order chi connectivity index (χ0) is 14.7. The maximum absolute atomic E-state index is 6.49. The second-order valence-corrected chi connectivity index (χ2v) is 7.16. The van der Waals surface area contributed by atoms with Crippen molar-refractivity contribution in [1.29, 1.82) is 0 Å². The lowest BCUT2D eigenvalue weighted by molar-refractivity contribution is 0.160. The Morgan fingerprint density at radius 2 is 1.81 bits per heavy atom. The summed E-state index contributed by atoms with van der Waals surface area (Å²) in [5.74, 6) is 1.49. The van der Waals surface area contributed by atoms with Gasteiger partial charge < -0.3 is 5.73 Å². The van der Waals surface area contributed by atoms with E-state index in [4.69, 9.17) is 5.73 Å². The molecule has 1 aromatic rings. The molecule has 0 spiro atoms. The summed E-state index contributed by atoms with van der Waals surface area (Å²) in [5.41, 5.74) is 7.77. The maximum atomic E-state index is 6.49. The minimum absolute atomic E-state index is 0.163. The number of hydrogen-bond donors (Lipinski definition) is 1. The fraction of sp³-hybridized carbons (Fsp3) is 0.684. The maximum Gasteiger partial charge on any atom is 0.0333 e. The predicted octanol–water partition coefficient (Wildman–Crippen LogP) is 3.98. The molecule has 2 aliphatic rings. The average molecular weight is 286 g/mol. The van der Waals surface area contributed by atoms with Gasteiger partial charge in [-0.05, 0) is 49.6 Å². The number of benzene rings is 1. The van der Waals surface area contributed by atoms with Gasteiger partial charge in [0.2, 0.25) is 0 Å². The van der Waals surface area contributed by atoms with Crippen LogP contribution in [0.4, 0.5) is 0 Å². The zero-order valence-electron chi connectivity index (χ0n) is 13.4. The molecule has 1 saturated carbocycles. The van der Waals surface area contributed by atoms with Crippen molar-refractivity contribution < 1.29 is 0 Å². The van der Waals surface area contributed by atoms with Crippen LogP contribution in [0.5, 0.6) is 0 Å². The van der Waals surface area contributed by atoms with Gasteiger partial charge in [-0.3, -0.25) is 4.90 Å². The second-order valence-electron chi connectivity index (χ2n) is 7.16. The lowest BCUT2D eigenvalue weighted by Crippen LogP contribution is -2.39. The second kappa shape index (κ2) is 6.93. The Bertz CT molecular complexity index is 424. The molecular formula is C19H30N2. The summed E-state index contributed by atoms with van der Waals surface area (Å²) in [6.45, 7) is 4.77. The van der Waals surface area contributed by atoms with Crippen LogP contribution in [0.1, 0.15) is 57.1 Å². The van der Waals surface area contributed by atoms with Crippen LogP contribution in [-0.4, -0.2) is 24.0 Å². The molecule has 1 aliphatic heterocycles. The molecule has 1 heterocycles. The molecule has 2 nitrogen and oxygen atoms in total. The van der Waals surface area contributed by atoms with Crippen molar-refractivity contribution in [2.45, 2.75) is 57.5 Å². The van der Waals surface area contributed by atoms with E-state index in [2.05, 4.69) is 42.2 Å². The Hall–Kier alpha value is -0.860.